The summed E-state index contributed by atoms with van der Waals surface area (Å²) in [5.41, 5.74) is 2.38. The van der Waals surface area contributed by atoms with Gasteiger partial charge in [-0.25, -0.2) is 13.1 Å². The Bertz CT molecular complexity index is 1120. The Labute approximate surface area is 183 Å². The number of sulfonamides is 1. The van der Waals surface area contributed by atoms with Crippen LogP contribution in [0.1, 0.15) is 30.8 Å². The maximum Gasteiger partial charge on any atom is 0.274 e. The van der Waals surface area contributed by atoms with Crippen LogP contribution in [0.4, 0.5) is 17.1 Å². The van der Waals surface area contributed by atoms with Gasteiger partial charge in [0.15, 0.2) is 0 Å². The van der Waals surface area contributed by atoms with Gasteiger partial charge < -0.3 is 10.6 Å². The molecule has 8 heteroatoms. The Morgan fingerprint density at radius 2 is 1.68 bits per heavy atom. The molecule has 0 saturated heterocycles. The van der Waals surface area contributed by atoms with Crippen LogP contribution in [0.25, 0.3) is 0 Å². The highest BCUT2D eigenvalue weighted by Crippen LogP contribution is 2.22. The fraction of sp³-hybridized carbons (Fsp3) is 0.217. The van der Waals surface area contributed by atoms with Gasteiger partial charge in [0.05, 0.1) is 4.90 Å². The topological polar surface area (TPSA) is 100 Å². The molecular formula is C23H26N4O3S. The molecule has 0 spiro atoms. The average molecular weight is 439 g/mol. The van der Waals surface area contributed by atoms with E-state index in [1.54, 1.807) is 72.9 Å². The van der Waals surface area contributed by atoms with E-state index in [9.17, 15) is 13.2 Å². The van der Waals surface area contributed by atoms with Crippen molar-refractivity contribution in [3.63, 3.8) is 0 Å². The molecule has 7 nitrogen and oxygen atoms in total. The average Bonchev–Trinajstić information content (AvgIpc) is 2.75. The zero-order valence-corrected chi connectivity index (χ0v) is 18.3. The van der Waals surface area contributed by atoms with Crippen molar-refractivity contribution in [1.82, 2.24) is 9.71 Å². The monoisotopic (exact) mass is 438 g/mol. The molecule has 3 rings (SSSR count). The van der Waals surface area contributed by atoms with Gasteiger partial charge in [-0.1, -0.05) is 26.0 Å². The lowest BCUT2D eigenvalue weighted by Crippen LogP contribution is -2.25. The second kappa shape index (κ2) is 10.2. The Kier molecular flexibility index (Phi) is 7.38. The second-order valence-electron chi connectivity index (χ2n) is 7.48. The first-order valence-electron chi connectivity index (χ1n) is 10.0. The molecular weight excluding hydrogens is 412 g/mol. The summed E-state index contributed by atoms with van der Waals surface area (Å²) in [4.78, 5) is 16.4. The van der Waals surface area contributed by atoms with E-state index in [2.05, 4.69) is 20.3 Å². The maximum atomic E-state index is 12.5. The number of anilines is 3. The Balaban J connectivity index is 1.64. The normalized spacial score (nSPS) is 11.3. The second-order valence-corrected chi connectivity index (χ2v) is 9.25. The molecule has 1 aromatic heterocycles. The van der Waals surface area contributed by atoms with Crippen LogP contribution in [0.3, 0.4) is 0 Å². The highest BCUT2D eigenvalue weighted by atomic mass is 32.2. The van der Waals surface area contributed by atoms with E-state index in [4.69, 9.17) is 0 Å². The third kappa shape index (κ3) is 6.63. The van der Waals surface area contributed by atoms with Gasteiger partial charge in [-0.2, -0.15) is 0 Å². The van der Waals surface area contributed by atoms with Crippen molar-refractivity contribution in [2.75, 3.05) is 17.2 Å². The summed E-state index contributed by atoms with van der Waals surface area (Å²) < 4.78 is 27.6. The minimum Gasteiger partial charge on any atom is -0.355 e. The van der Waals surface area contributed by atoms with E-state index in [0.717, 1.165) is 12.1 Å². The lowest BCUT2D eigenvalue weighted by atomic mass is 10.1. The predicted octanol–water partition coefficient (Wildman–Crippen LogP) is 4.40. The van der Waals surface area contributed by atoms with E-state index in [1.165, 1.54) is 0 Å². The minimum atomic E-state index is -3.56. The van der Waals surface area contributed by atoms with Gasteiger partial charge in [-0.15, -0.1) is 0 Å². The number of benzene rings is 2. The summed E-state index contributed by atoms with van der Waals surface area (Å²) in [7, 11) is -3.56. The highest BCUT2D eigenvalue weighted by Gasteiger charge is 2.14. The predicted molar refractivity (Wildman–Crippen MR) is 123 cm³/mol. The SMILES string of the molecule is CC(C)CCNS(=O)(=O)c1cccc(Nc2ccc(NC(=O)c3ccccn3)cc2)c1. The molecule has 0 fully saturated rings. The van der Waals surface area contributed by atoms with Crippen molar-refractivity contribution in [3.05, 3.63) is 78.6 Å². The highest BCUT2D eigenvalue weighted by molar-refractivity contribution is 7.89. The number of aromatic nitrogens is 1. The van der Waals surface area contributed by atoms with Gasteiger partial charge >= 0.3 is 0 Å². The van der Waals surface area contributed by atoms with Gasteiger partial charge in [-0.3, -0.25) is 9.78 Å². The summed E-state index contributed by atoms with van der Waals surface area (Å²) in [5, 5.41) is 5.97. The molecule has 2 aromatic carbocycles. The van der Waals surface area contributed by atoms with E-state index < -0.39 is 10.0 Å². The molecule has 1 heterocycles. The number of nitrogens with one attached hydrogen (secondary N) is 3. The van der Waals surface area contributed by atoms with Crippen LogP contribution in [0.2, 0.25) is 0 Å². The largest absolute Gasteiger partial charge is 0.355 e. The van der Waals surface area contributed by atoms with Crippen LogP contribution in [0.15, 0.2) is 77.8 Å². The Hall–Kier alpha value is -3.23. The molecule has 0 aliphatic carbocycles. The molecule has 0 aliphatic rings. The van der Waals surface area contributed by atoms with Crippen molar-refractivity contribution in [3.8, 4) is 0 Å². The van der Waals surface area contributed by atoms with Gasteiger partial charge in [0.1, 0.15) is 5.69 Å². The Morgan fingerprint density at radius 3 is 2.35 bits per heavy atom. The standard InChI is InChI=1S/C23H26N4O3S/c1-17(2)13-15-25-31(29,30)21-7-5-6-20(16-21)26-18-9-11-19(12-10-18)27-23(28)22-8-3-4-14-24-22/h3-12,14,16-17,25-26H,13,15H2,1-2H3,(H,27,28). The maximum absolute atomic E-state index is 12.5. The van der Waals surface area contributed by atoms with Crippen LogP contribution in [-0.4, -0.2) is 25.9 Å². The zero-order chi connectivity index (χ0) is 22.3. The van der Waals surface area contributed by atoms with E-state index in [0.29, 0.717) is 29.5 Å². The number of pyridine rings is 1. The first kappa shape index (κ1) is 22.5. The molecule has 0 bridgehead atoms. The molecule has 0 saturated carbocycles. The van der Waals surface area contributed by atoms with E-state index in [-0.39, 0.29) is 10.8 Å². The lowest BCUT2D eigenvalue weighted by molar-refractivity contribution is 0.102. The van der Waals surface area contributed by atoms with Gasteiger partial charge in [0, 0.05) is 29.8 Å². The fourth-order valence-electron chi connectivity index (χ4n) is 2.80. The summed E-state index contributed by atoms with van der Waals surface area (Å²) in [6.07, 6.45) is 2.34. The number of rotatable bonds is 9. The van der Waals surface area contributed by atoms with E-state index in [1.807, 2.05) is 13.8 Å². The van der Waals surface area contributed by atoms with E-state index >= 15 is 0 Å². The zero-order valence-electron chi connectivity index (χ0n) is 17.5. The van der Waals surface area contributed by atoms with Crippen LogP contribution in [0, 0.1) is 5.92 Å². The minimum absolute atomic E-state index is 0.209. The van der Waals surface area contributed by atoms with Crippen molar-refractivity contribution < 1.29 is 13.2 Å². The first-order valence-corrected chi connectivity index (χ1v) is 11.5. The summed E-state index contributed by atoms with van der Waals surface area (Å²) in [5.74, 6) is 0.136. The lowest BCUT2D eigenvalue weighted by Gasteiger charge is -2.11. The van der Waals surface area contributed by atoms with Crippen molar-refractivity contribution in [1.29, 1.82) is 0 Å². The molecule has 31 heavy (non-hydrogen) atoms. The van der Waals surface area contributed by atoms with Crippen LogP contribution < -0.4 is 15.4 Å². The number of nitrogens with zero attached hydrogens (tertiary/aromatic N) is 1. The van der Waals surface area contributed by atoms with Crippen LogP contribution in [-0.2, 0) is 10.0 Å². The number of hydrogen-bond donors (Lipinski definition) is 3. The first-order chi connectivity index (χ1) is 14.8. The summed E-state index contributed by atoms with van der Waals surface area (Å²) in [6.45, 7) is 4.51. The Morgan fingerprint density at radius 1 is 0.935 bits per heavy atom. The summed E-state index contributed by atoms with van der Waals surface area (Å²) in [6, 6.07) is 18.9. The smallest absolute Gasteiger partial charge is 0.274 e. The number of carbonyl (C=O) groups is 1. The quantitative estimate of drug-likeness (QED) is 0.460. The molecule has 1 amide bonds. The third-order valence-corrected chi connectivity index (χ3v) is 5.95. The molecule has 0 radical (unpaired) electrons. The number of amides is 1. The number of hydrogen-bond acceptors (Lipinski definition) is 5. The van der Waals surface area contributed by atoms with Crippen molar-refractivity contribution >= 4 is 33.0 Å². The van der Waals surface area contributed by atoms with Crippen molar-refractivity contribution in [2.45, 2.75) is 25.2 Å². The van der Waals surface area contributed by atoms with Crippen molar-refractivity contribution in [2.24, 2.45) is 5.92 Å². The molecule has 0 unspecified atom stereocenters. The molecule has 162 valence electrons. The molecule has 3 aromatic rings. The summed E-state index contributed by atoms with van der Waals surface area (Å²) >= 11 is 0. The molecule has 0 aliphatic heterocycles. The van der Waals surface area contributed by atoms with Gasteiger partial charge in [-0.05, 0) is 66.9 Å². The molecule has 0 atom stereocenters. The third-order valence-electron chi connectivity index (χ3n) is 4.49. The van der Waals surface area contributed by atoms with Crippen LogP contribution in [0.5, 0.6) is 0 Å². The van der Waals surface area contributed by atoms with Gasteiger partial charge in [0.25, 0.3) is 5.91 Å². The fourth-order valence-corrected chi connectivity index (χ4v) is 3.90. The van der Waals surface area contributed by atoms with Crippen LogP contribution >= 0.6 is 0 Å². The molecule has 3 N–H and O–H groups in total. The number of carbonyl (C=O) groups excluding carboxylic acids is 1. The van der Waals surface area contributed by atoms with Gasteiger partial charge in [0.2, 0.25) is 10.0 Å².